The van der Waals surface area contributed by atoms with Crippen LogP contribution in [0.2, 0.25) is 0 Å². The van der Waals surface area contributed by atoms with Crippen molar-refractivity contribution in [1.29, 1.82) is 0 Å². The summed E-state index contributed by atoms with van der Waals surface area (Å²) in [6, 6.07) is 14.5. The average Bonchev–Trinajstić information content (AvgIpc) is 2.57. The topological polar surface area (TPSA) is 19.4 Å². The molecule has 0 fully saturated rings. The van der Waals surface area contributed by atoms with Crippen LogP contribution in [-0.2, 0) is 6.54 Å². The fourth-order valence-corrected chi connectivity index (χ4v) is 2.86. The van der Waals surface area contributed by atoms with Crippen molar-refractivity contribution < 1.29 is 0 Å². The molecule has 0 aliphatic heterocycles. The zero-order chi connectivity index (χ0) is 15.8. The molecule has 1 aromatic carbocycles. The molecule has 2 aromatic rings. The molecule has 0 saturated carbocycles. The Bertz CT molecular complexity index is 555. The number of anilines is 1. The Balaban J connectivity index is 2.13. The average molecular weight is 362 g/mol. The van der Waals surface area contributed by atoms with Gasteiger partial charge in [-0.3, -0.25) is 0 Å². The van der Waals surface area contributed by atoms with E-state index in [1.165, 1.54) is 5.56 Å². The Morgan fingerprint density at radius 3 is 2.32 bits per heavy atom. The molecule has 0 amide bonds. The van der Waals surface area contributed by atoms with E-state index in [4.69, 9.17) is 0 Å². The summed E-state index contributed by atoms with van der Waals surface area (Å²) in [4.78, 5) is 9.31. The molecule has 0 saturated heterocycles. The SMILES string of the molecule is CCN(CC)CCN(Cc1ccccc1Br)c1ccccn1. The molecule has 0 atom stereocenters. The second-order valence-corrected chi connectivity index (χ2v) is 6.08. The van der Waals surface area contributed by atoms with E-state index in [-0.39, 0.29) is 0 Å². The van der Waals surface area contributed by atoms with Crippen LogP contribution >= 0.6 is 15.9 Å². The number of pyridine rings is 1. The van der Waals surface area contributed by atoms with E-state index in [9.17, 15) is 0 Å². The lowest BCUT2D eigenvalue weighted by Crippen LogP contribution is -2.35. The lowest BCUT2D eigenvalue weighted by Gasteiger charge is -2.27. The van der Waals surface area contributed by atoms with Crippen LogP contribution in [0.3, 0.4) is 0 Å². The molecule has 118 valence electrons. The molecule has 0 aliphatic carbocycles. The molecule has 0 radical (unpaired) electrons. The summed E-state index contributed by atoms with van der Waals surface area (Å²) in [5.41, 5.74) is 1.28. The molecule has 1 heterocycles. The van der Waals surface area contributed by atoms with Crippen molar-refractivity contribution in [3.05, 3.63) is 58.7 Å². The van der Waals surface area contributed by atoms with Crippen LogP contribution < -0.4 is 4.90 Å². The second-order valence-electron chi connectivity index (χ2n) is 5.23. The maximum absolute atomic E-state index is 4.53. The first-order valence-corrected chi connectivity index (χ1v) is 8.65. The Labute approximate surface area is 142 Å². The van der Waals surface area contributed by atoms with Crippen molar-refractivity contribution in [3.63, 3.8) is 0 Å². The highest BCUT2D eigenvalue weighted by atomic mass is 79.9. The van der Waals surface area contributed by atoms with Crippen LogP contribution in [-0.4, -0.2) is 36.1 Å². The fraction of sp³-hybridized carbons (Fsp3) is 0.389. The largest absolute Gasteiger partial charge is 0.351 e. The minimum absolute atomic E-state index is 0.861. The fourth-order valence-electron chi connectivity index (χ4n) is 2.45. The van der Waals surface area contributed by atoms with E-state index in [1.807, 2.05) is 18.3 Å². The first-order valence-electron chi connectivity index (χ1n) is 7.86. The molecule has 2 rings (SSSR count). The van der Waals surface area contributed by atoms with E-state index in [0.29, 0.717) is 0 Å². The lowest BCUT2D eigenvalue weighted by molar-refractivity contribution is 0.309. The summed E-state index contributed by atoms with van der Waals surface area (Å²) in [7, 11) is 0. The first-order chi connectivity index (χ1) is 10.7. The lowest BCUT2D eigenvalue weighted by atomic mass is 10.2. The van der Waals surface area contributed by atoms with Gasteiger partial charge in [0.1, 0.15) is 5.82 Å². The van der Waals surface area contributed by atoms with Gasteiger partial charge in [-0.15, -0.1) is 0 Å². The van der Waals surface area contributed by atoms with E-state index in [2.05, 4.69) is 74.9 Å². The summed E-state index contributed by atoms with van der Waals surface area (Å²) in [5, 5.41) is 0. The third-order valence-corrected chi connectivity index (χ3v) is 4.65. The van der Waals surface area contributed by atoms with Crippen LogP contribution in [0.1, 0.15) is 19.4 Å². The van der Waals surface area contributed by atoms with Gasteiger partial charge in [0.05, 0.1) is 0 Å². The zero-order valence-corrected chi connectivity index (χ0v) is 15.0. The standard InChI is InChI=1S/C18H24BrN3/c1-3-21(4-2)13-14-22(18-11-7-8-12-20-18)15-16-9-5-6-10-17(16)19/h5-12H,3-4,13-15H2,1-2H3. The number of benzene rings is 1. The minimum atomic E-state index is 0.861. The highest BCUT2D eigenvalue weighted by Crippen LogP contribution is 2.20. The number of nitrogens with zero attached hydrogens (tertiary/aromatic N) is 3. The van der Waals surface area contributed by atoms with Gasteiger partial charge < -0.3 is 9.80 Å². The predicted octanol–water partition coefficient (Wildman–Crippen LogP) is 4.19. The molecule has 4 heteroatoms. The predicted molar refractivity (Wildman–Crippen MR) is 97.2 cm³/mol. The normalized spacial score (nSPS) is 10.9. The van der Waals surface area contributed by atoms with Crippen molar-refractivity contribution >= 4 is 21.7 Å². The van der Waals surface area contributed by atoms with Crippen molar-refractivity contribution in [3.8, 4) is 0 Å². The number of likely N-dealkylation sites (N-methyl/N-ethyl adjacent to an activating group) is 1. The zero-order valence-electron chi connectivity index (χ0n) is 13.4. The maximum Gasteiger partial charge on any atom is 0.128 e. The second kappa shape index (κ2) is 8.91. The summed E-state index contributed by atoms with van der Waals surface area (Å²) >= 11 is 3.65. The molecule has 0 aliphatic rings. The van der Waals surface area contributed by atoms with Gasteiger partial charge in [-0.25, -0.2) is 4.98 Å². The summed E-state index contributed by atoms with van der Waals surface area (Å²) in [6.45, 7) is 9.47. The summed E-state index contributed by atoms with van der Waals surface area (Å²) in [5.74, 6) is 1.03. The van der Waals surface area contributed by atoms with Gasteiger partial charge in [0.15, 0.2) is 0 Å². The molecule has 0 N–H and O–H groups in total. The molecule has 0 spiro atoms. The van der Waals surface area contributed by atoms with Gasteiger partial charge in [-0.2, -0.15) is 0 Å². The Hall–Kier alpha value is -1.39. The van der Waals surface area contributed by atoms with Gasteiger partial charge in [0.2, 0.25) is 0 Å². The third-order valence-electron chi connectivity index (χ3n) is 3.87. The van der Waals surface area contributed by atoms with Gasteiger partial charge in [0.25, 0.3) is 0 Å². The first kappa shape index (κ1) is 17.0. The molecule has 1 aromatic heterocycles. The van der Waals surface area contributed by atoms with Crippen LogP contribution in [0.4, 0.5) is 5.82 Å². The Morgan fingerprint density at radius 1 is 0.955 bits per heavy atom. The number of rotatable bonds is 8. The van der Waals surface area contributed by atoms with E-state index in [1.54, 1.807) is 0 Å². The van der Waals surface area contributed by atoms with Gasteiger partial charge >= 0.3 is 0 Å². The molecular weight excluding hydrogens is 338 g/mol. The summed E-state index contributed by atoms with van der Waals surface area (Å²) < 4.78 is 1.15. The third kappa shape index (κ3) is 4.82. The Kier molecular flexibility index (Phi) is 6.87. The van der Waals surface area contributed by atoms with Crippen LogP contribution in [0.25, 0.3) is 0 Å². The van der Waals surface area contributed by atoms with Gasteiger partial charge in [0, 0.05) is 30.3 Å². The van der Waals surface area contributed by atoms with Crippen molar-refractivity contribution in [2.45, 2.75) is 20.4 Å². The van der Waals surface area contributed by atoms with E-state index < -0.39 is 0 Å². The Morgan fingerprint density at radius 2 is 1.68 bits per heavy atom. The van der Waals surface area contributed by atoms with Crippen LogP contribution in [0.15, 0.2) is 53.1 Å². The van der Waals surface area contributed by atoms with E-state index >= 15 is 0 Å². The quantitative estimate of drug-likeness (QED) is 0.702. The highest BCUT2D eigenvalue weighted by molar-refractivity contribution is 9.10. The summed E-state index contributed by atoms with van der Waals surface area (Å²) in [6.07, 6.45) is 1.86. The van der Waals surface area contributed by atoms with Gasteiger partial charge in [-0.1, -0.05) is 54.0 Å². The monoisotopic (exact) mass is 361 g/mol. The van der Waals surface area contributed by atoms with Gasteiger partial charge in [-0.05, 0) is 36.9 Å². The molecule has 0 bridgehead atoms. The van der Waals surface area contributed by atoms with Crippen molar-refractivity contribution in [2.24, 2.45) is 0 Å². The molecule has 3 nitrogen and oxygen atoms in total. The molecular formula is C18H24BrN3. The minimum Gasteiger partial charge on any atom is -0.351 e. The number of aromatic nitrogens is 1. The number of halogens is 1. The van der Waals surface area contributed by atoms with E-state index in [0.717, 1.165) is 43.0 Å². The smallest absolute Gasteiger partial charge is 0.128 e. The number of hydrogen-bond donors (Lipinski definition) is 0. The molecule has 0 unspecified atom stereocenters. The highest BCUT2D eigenvalue weighted by Gasteiger charge is 2.11. The van der Waals surface area contributed by atoms with Crippen LogP contribution in [0, 0.1) is 0 Å². The molecule has 22 heavy (non-hydrogen) atoms. The van der Waals surface area contributed by atoms with Crippen LogP contribution in [0.5, 0.6) is 0 Å². The van der Waals surface area contributed by atoms with Crippen molar-refractivity contribution in [1.82, 2.24) is 9.88 Å². The maximum atomic E-state index is 4.53. The van der Waals surface area contributed by atoms with Crippen molar-refractivity contribution in [2.75, 3.05) is 31.1 Å². The number of hydrogen-bond acceptors (Lipinski definition) is 3.